The second-order valence-electron chi connectivity index (χ2n) is 10.3. The molecule has 3 N–H and O–H groups in total. The molecule has 0 saturated heterocycles. The van der Waals surface area contributed by atoms with E-state index >= 15 is 0 Å². The van der Waals surface area contributed by atoms with Crippen molar-refractivity contribution in [1.29, 1.82) is 0 Å². The van der Waals surface area contributed by atoms with Crippen LogP contribution in [0.4, 0.5) is 10.8 Å². The highest BCUT2D eigenvalue weighted by Crippen LogP contribution is 2.32. The average Bonchev–Trinajstić information content (AvgIpc) is 3.58. The third-order valence-electron chi connectivity index (χ3n) is 6.94. The van der Waals surface area contributed by atoms with E-state index in [9.17, 15) is 14.4 Å². The summed E-state index contributed by atoms with van der Waals surface area (Å²) < 4.78 is 10.9. The first-order valence-electron chi connectivity index (χ1n) is 15.1. The van der Waals surface area contributed by atoms with Gasteiger partial charge in [-0.25, -0.2) is 4.98 Å². The lowest BCUT2D eigenvalue weighted by Crippen LogP contribution is -2.30. The number of methoxy groups -OCH3 is 1. The minimum atomic E-state index is -0.489. The Morgan fingerprint density at radius 3 is 2.31 bits per heavy atom. The number of benzene rings is 4. The number of para-hydroxylation sites is 1. The molecule has 1 atom stereocenters. The molecule has 0 radical (unpaired) electrons. The van der Waals surface area contributed by atoms with E-state index in [2.05, 4.69) is 20.9 Å². The van der Waals surface area contributed by atoms with Gasteiger partial charge in [-0.05, 0) is 86.2 Å². The second kappa shape index (κ2) is 16.4. The van der Waals surface area contributed by atoms with Gasteiger partial charge in [-0.15, -0.1) is 23.1 Å². The van der Waals surface area contributed by atoms with Crippen molar-refractivity contribution in [3.05, 3.63) is 125 Å². The molecular formula is C37H34N4O5S2. The van der Waals surface area contributed by atoms with Crippen LogP contribution in [0.2, 0.25) is 0 Å². The standard InChI is InChI=1S/C37H34N4O5S2/c1-4-46-28-18-14-25(15-19-28)22-31(39-35(43)26-10-6-5-7-11-26)36(44)38-27-16-20-29(21-17-27)48-24(2)34(42)41-37-40-32(23-47-37)30-12-8-9-13-33(30)45-3/h5-24H,4H2,1-3H3,(H,38,44)(H,39,43)(H,40,41,42)/b31-22-. The first-order valence-corrected chi connectivity index (χ1v) is 16.9. The fourth-order valence-corrected chi connectivity index (χ4v) is 6.11. The lowest BCUT2D eigenvalue weighted by Gasteiger charge is -2.13. The molecule has 1 aromatic heterocycles. The monoisotopic (exact) mass is 678 g/mol. The summed E-state index contributed by atoms with van der Waals surface area (Å²) in [4.78, 5) is 44.7. The minimum Gasteiger partial charge on any atom is -0.496 e. The molecule has 0 fully saturated rings. The maximum atomic E-state index is 13.4. The normalized spacial score (nSPS) is 11.7. The highest BCUT2D eigenvalue weighted by Gasteiger charge is 2.18. The molecule has 5 rings (SSSR count). The van der Waals surface area contributed by atoms with Crippen molar-refractivity contribution in [3.8, 4) is 22.8 Å². The number of aromatic nitrogens is 1. The molecule has 1 heterocycles. The van der Waals surface area contributed by atoms with Crippen molar-refractivity contribution < 1.29 is 23.9 Å². The van der Waals surface area contributed by atoms with Crippen LogP contribution >= 0.6 is 23.1 Å². The molecule has 0 aliphatic heterocycles. The number of amides is 3. The third-order valence-corrected chi connectivity index (χ3v) is 8.81. The van der Waals surface area contributed by atoms with E-state index in [0.29, 0.717) is 40.1 Å². The van der Waals surface area contributed by atoms with Gasteiger partial charge in [0.25, 0.3) is 11.8 Å². The van der Waals surface area contributed by atoms with Gasteiger partial charge in [-0.1, -0.05) is 42.5 Å². The molecule has 48 heavy (non-hydrogen) atoms. The Hall–Kier alpha value is -5.39. The number of thiazole rings is 1. The first kappa shape index (κ1) is 34.0. The summed E-state index contributed by atoms with van der Waals surface area (Å²) in [6, 6.07) is 30.6. The smallest absolute Gasteiger partial charge is 0.272 e. The Labute approximate surface area is 287 Å². The van der Waals surface area contributed by atoms with Crippen LogP contribution in [0, 0.1) is 0 Å². The van der Waals surface area contributed by atoms with E-state index in [1.54, 1.807) is 61.7 Å². The molecule has 4 aromatic carbocycles. The molecule has 9 nitrogen and oxygen atoms in total. The molecule has 244 valence electrons. The van der Waals surface area contributed by atoms with Gasteiger partial charge in [-0.3, -0.25) is 14.4 Å². The van der Waals surface area contributed by atoms with Crippen molar-refractivity contribution in [1.82, 2.24) is 10.3 Å². The van der Waals surface area contributed by atoms with Crippen molar-refractivity contribution >= 4 is 57.7 Å². The number of ether oxygens (including phenoxy) is 2. The summed E-state index contributed by atoms with van der Waals surface area (Å²) in [5, 5.41) is 10.5. The average molecular weight is 679 g/mol. The predicted molar refractivity (Wildman–Crippen MR) is 193 cm³/mol. The van der Waals surface area contributed by atoms with E-state index in [-0.39, 0.29) is 11.6 Å². The van der Waals surface area contributed by atoms with Gasteiger partial charge in [0, 0.05) is 27.1 Å². The molecule has 1 unspecified atom stereocenters. The van der Waals surface area contributed by atoms with Gasteiger partial charge in [0.05, 0.1) is 24.7 Å². The highest BCUT2D eigenvalue weighted by molar-refractivity contribution is 8.00. The van der Waals surface area contributed by atoms with Crippen LogP contribution in [0.25, 0.3) is 17.3 Å². The van der Waals surface area contributed by atoms with Gasteiger partial charge in [-0.2, -0.15) is 0 Å². The minimum absolute atomic E-state index is 0.0767. The molecule has 0 saturated carbocycles. The maximum Gasteiger partial charge on any atom is 0.272 e. The number of rotatable bonds is 13. The van der Waals surface area contributed by atoms with Crippen molar-refractivity contribution in [3.63, 3.8) is 0 Å². The molecule has 3 amide bonds. The van der Waals surface area contributed by atoms with Crippen molar-refractivity contribution in [2.45, 2.75) is 24.0 Å². The zero-order chi connectivity index (χ0) is 33.9. The Bertz CT molecular complexity index is 1890. The Morgan fingerprint density at radius 1 is 0.896 bits per heavy atom. The highest BCUT2D eigenvalue weighted by atomic mass is 32.2. The fourth-order valence-electron chi connectivity index (χ4n) is 4.53. The van der Waals surface area contributed by atoms with Crippen LogP contribution in [0.3, 0.4) is 0 Å². The summed E-state index contributed by atoms with van der Waals surface area (Å²) in [7, 11) is 1.61. The fraction of sp³-hybridized carbons (Fsp3) is 0.135. The maximum absolute atomic E-state index is 13.4. The Morgan fingerprint density at radius 2 is 1.60 bits per heavy atom. The van der Waals surface area contributed by atoms with Crippen molar-refractivity contribution in [2.75, 3.05) is 24.4 Å². The lowest BCUT2D eigenvalue weighted by molar-refractivity contribution is -0.115. The van der Waals surface area contributed by atoms with Crippen LogP contribution in [-0.4, -0.2) is 41.7 Å². The van der Waals surface area contributed by atoms with Gasteiger partial charge in [0.15, 0.2) is 5.13 Å². The van der Waals surface area contributed by atoms with Crippen LogP contribution < -0.4 is 25.4 Å². The summed E-state index contributed by atoms with van der Waals surface area (Å²) in [6.45, 7) is 4.26. The number of hydrogen-bond donors (Lipinski definition) is 3. The van der Waals surface area contributed by atoms with E-state index in [1.807, 2.05) is 73.8 Å². The SMILES string of the molecule is CCOc1ccc(/C=C(\NC(=O)c2ccccc2)C(=O)Nc2ccc(SC(C)C(=O)Nc3nc(-c4ccccc4OC)cs3)cc2)cc1. The van der Waals surface area contributed by atoms with E-state index < -0.39 is 17.1 Å². The van der Waals surface area contributed by atoms with Gasteiger partial charge in [0.2, 0.25) is 5.91 Å². The number of thioether (sulfide) groups is 1. The topological polar surface area (TPSA) is 119 Å². The number of carbonyl (C=O) groups is 3. The number of nitrogens with zero attached hydrogens (tertiary/aromatic N) is 1. The van der Waals surface area contributed by atoms with E-state index in [0.717, 1.165) is 16.2 Å². The molecule has 0 spiro atoms. The zero-order valence-corrected chi connectivity index (χ0v) is 28.2. The zero-order valence-electron chi connectivity index (χ0n) is 26.6. The summed E-state index contributed by atoms with van der Waals surface area (Å²) in [5.74, 6) is 0.339. The molecular weight excluding hydrogens is 645 g/mol. The van der Waals surface area contributed by atoms with Crippen LogP contribution in [-0.2, 0) is 9.59 Å². The first-order chi connectivity index (χ1) is 23.3. The van der Waals surface area contributed by atoms with Crippen LogP contribution in [0.1, 0.15) is 29.8 Å². The van der Waals surface area contributed by atoms with Crippen molar-refractivity contribution in [2.24, 2.45) is 0 Å². The van der Waals surface area contributed by atoms with E-state index in [4.69, 9.17) is 9.47 Å². The number of nitrogens with one attached hydrogen (secondary N) is 3. The molecule has 0 aliphatic rings. The quantitative estimate of drug-likeness (QED) is 0.0861. The Kier molecular flexibility index (Phi) is 11.6. The number of anilines is 2. The molecule has 0 aliphatic carbocycles. The van der Waals surface area contributed by atoms with Gasteiger partial charge in [0.1, 0.15) is 17.2 Å². The molecule has 5 aromatic rings. The number of hydrogen-bond acceptors (Lipinski definition) is 8. The summed E-state index contributed by atoms with van der Waals surface area (Å²) >= 11 is 2.73. The molecule has 11 heteroatoms. The van der Waals surface area contributed by atoms with E-state index in [1.165, 1.54) is 23.1 Å². The van der Waals surface area contributed by atoms with Crippen LogP contribution in [0.5, 0.6) is 11.5 Å². The largest absolute Gasteiger partial charge is 0.496 e. The lowest BCUT2D eigenvalue weighted by atomic mass is 10.1. The summed E-state index contributed by atoms with van der Waals surface area (Å²) in [6.07, 6.45) is 1.61. The number of carbonyl (C=O) groups excluding carboxylic acids is 3. The predicted octanol–water partition coefficient (Wildman–Crippen LogP) is 7.75. The second-order valence-corrected chi connectivity index (χ2v) is 12.6. The van der Waals surface area contributed by atoms with Crippen LogP contribution in [0.15, 0.2) is 119 Å². The third kappa shape index (κ3) is 9.11. The summed E-state index contributed by atoms with van der Waals surface area (Å²) in [5.41, 5.74) is 3.32. The Balaban J connectivity index is 1.22. The molecule has 0 bridgehead atoms. The van der Waals surface area contributed by atoms with Gasteiger partial charge < -0.3 is 25.4 Å². The van der Waals surface area contributed by atoms with Gasteiger partial charge >= 0.3 is 0 Å².